The Balaban J connectivity index is 2.71. The molecule has 0 radical (unpaired) electrons. The number of ether oxygens (including phenoxy) is 2. The van der Waals surface area contributed by atoms with E-state index in [9.17, 15) is 13.6 Å². The molecule has 1 amide bonds. The molecule has 0 spiro atoms. The third-order valence-electron chi connectivity index (χ3n) is 2.99. The molecule has 0 fully saturated rings. The maximum absolute atomic E-state index is 12.4. The third-order valence-corrected chi connectivity index (χ3v) is 2.99. The Bertz CT molecular complexity index is 454. The fraction of sp³-hybridized carbons (Fsp3) is 0.500. The van der Waals surface area contributed by atoms with E-state index < -0.39 is 12.7 Å². The lowest BCUT2D eigenvalue weighted by molar-refractivity contribution is -0.124. The Labute approximate surface area is 122 Å². The third kappa shape index (κ3) is 5.65. The van der Waals surface area contributed by atoms with Gasteiger partial charge in [0, 0.05) is 19.2 Å². The molecule has 0 heterocycles. The van der Waals surface area contributed by atoms with Gasteiger partial charge in [-0.2, -0.15) is 8.78 Å². The molecule has 1 aromatic rings. The van der Waals surface area contributed by atoms with Crippen LogP contribution in [0, 0.1) is 0 Å². The van der Waals surface area contributed by atoms with Crippen molar-refractivity contribution in [1.82, 2.24) is 5.32 Å². The van der Waals surface area contributed by atoms with Gasteiger partial charge in [0.05, 0.1) is 18.6 Å². The number of methoxy groups -OCH3 is 1. The van der Waals surface area contributed by atoms with Gasteiger partial charge in [0.2, 0.25) is 5.91 Å². The van der Waals surface area contributed by atoms with Crippen molar-refractivity contribution in [1.29, 1.82) is 0 Å². The summed E-state index contributed by atoms with van der Waals surface area (Å²) in [5.74, 6) is -0.228. The normalized spacial score (nSPS) is 13.8. The number of hydrogen-bond acceptors (Lipinski definition) is 4. The fourth-order valence-corrected chi connectivity index (χ4v) is 1.89. The molecule has 0 aliphatic rings. The Kier molecular flexibility index (Phi) is 7.04. The first-order valence-corrected chi connectivity index (χ1v) is 6.53. The lowest BCUT2D eigenvalue weighted by Gasteiger charge is -2.19. The maximum Gasteiger partial charge on any atom is 0.387 e. The number of carbonyl (C=O) groups excluding carboxylic acids is 1. The molecule has 118 valence electrons. The SMILES string of the molecule is COC(CN)CC(=O)NC(C)c1ccccc1OC(F)F. The van der Waals surface area contributed by atoms with Crippen LogP contribution >= 0.6 is 0 Å². The number of nitrogens with two attached hydrogens (primary N) is 1. The molecule has 5 nitrogen and oxygen atoms in total. The van der Waals surface area contributed by atoms with E-state index in [1.807, 2.05) is 0 Å². The van der Waals surface area contributed by atoms with E-state index in [0.29, 0.717) is 5.56 Å². The van der Waals surface area contributed by atoms with E-state index in [2.05, 4.69) is 10.1 Å². The second kappa shape index (κ2) is 8.53. The van der Waals surface area contributed by atoms with Gasteiger partial charge in [-0.25, -0.2) is 0 Å². The zero-order valence-electron chi connectivity index (χ0n) is 12.0. The van der Waals surface area contributed by atoms with Gasteiger partial charge in [0.25, 0.3) is 0 Å². The van der Waals surface area contributed by atoms with Crippen LogP contribution in [0.25, 0.3) is 0 Å². The molecule has 0 aliphatic carbocycles. The molecule has 7 heteroatoms. The average molecular weight is 302 g/mol. The van der Waals surface area contributed by atoms with Crippen molar-refractivity contribution in [3.63, 3.8) is 0 Å². The predicted octanol–water partition coefficient (Wildman–Crippen LogP) is 1.83. The highest BCUT2D eigenvalue weighted by atomic mass is 19.3. The van der Waals surface area contributed by atoms with E-state index >= 15 is 0 Å². The molecule has 3 N–H and O–H groups in total. The largest absolute Gasteiger partial charge is 0.434 e. The Morgan fingerprint density at radius 2 is 2.05 bits per heavy atom. The summed E-state index contributed by atoms with van der Waals surface area (Å²) >= 11 is 0. The quantitative estimate of drug-likeness (QED) is 0.768. The maximum atomic E-state index is 12.4. The first-order chi connectivity index (χ1) is 9.97. The van der Waals surface area contributed by atoms with Gasteiger partial charge in [-0.15, -0.1) is 0 Å². The number of alkyl halides is 2. The number of benzene rings is 1. The van der Waals surface area contributed by atoms with Crippen LogP contribution in [0.1, 0.15) is 24.9 Å². The van der Waals surface area contributed by atoms with Gasteiger partial charge in [-0.3, -0.25) is 4.79 Å². The lowest BCUT2D eigenvalue weighted by atomic mass is 10.1. The van der Waals surface area contributed by atoms with Gasteiger partial charge < -0.3 is 20.5 Å². The second-order valence-corrected chi connectivity index (χ2v) is 4.50. The fourth-order valence-electron chi connectivity index (χ4n) is 1.89. The Morgan fingerprint density at radius 1 is 1.38 bits per heavy atom. The molecule has 1 rings (SSSR count). The monoisotopic (exact) mass is 302 g/mol. The minimum atomic E-state index is -2.91. The molecule has 0 bridgehead atoms. The Hall–Kier alpha value is -1.73. The van der Waals surface area contributed by atoms with Crippen molar-refractivity contribution in [3.8, 4) is 5.75 Å². The minimum Gasteiger partial charge on any atom is -0.434 e. The zero-order valence-corrected chi connectivity index (χ0v) is 12.0. The van der Waals surface area contributed by atoms with Crippen molar-refractivity contribution in [2.75, 3.05) is 13.7 Å². The first kappa shape index (κ1) is 17.3. The Morgan fingerprint density at radius 3 is 2.62 bits per heavy atom. The summed E-state index contributed by atoms with van der Waals surface area (Å²) < 4.78 is 34.2. The van der Waals surface area contributed by atoms with Gasteiger partial charge >= 0.3 is 6.61 Å². The number of rotatable bonds is 8. The number of carbonyl (C=O) groups is 1. The van der Waals surface area contributed by atoms with Crippen molar-refractivity contribution in [2.24, 2.45) is 5.73 Å². The topological polar surface area (TPSA) is 73.6 Å². The standard InChI is InChI=1S/C14H20F2N2O3/c1-9(18-13(19)7-10(8-17)20-2)11-5-3-4-6-12(11)21-14(15)16/h3-6,9-10,14H,7-8,17H2,1-2H3,(H,18,19). The summed E-state index contributed by atoms with van der Waals surface area (Å²) in [6.45, 7) is -0.997. The van der Waals surface area contributed by atoms with Crippen molar-refractivity contribution in [2.45, 2.75) is 32.1 Å². The van der Waals surface area contributed by atoms with Crippen LogP contribution in [-0.4, -0.2) is 32.3 Å². The highest BCUT2D eigenvalue weighted by molar-refractivity contribution is 5.77. The number of nitrogens with one attached hydrogen (secondary N) is 1. The van der Waals surface area contributed by atoms with E-state index in [-0.39, 0.29) is 30.7 Å². The van der Waals surface area contributed by atoms with E-state index in [4.69, 9.17) is 10.5 Å². The summed E-state index contributed by atoms with van der Waals surface area (Å²) in [7, 11) is 1.47. The summed E-state index contributed by atoms with van der Waals surface area (Å²) in [6.07, 6.45) is -0.264. The second-order valence-electron chi connectivity index (χ2n) is 4.50. The van der Waals surface area contributed by atoms with Crippen LogP contribution in [0.3, 0.4) is 0 Å². The van der Waals surface area contributed by atoms with Crippen LogP contribution in [0.5, 0.6) is 5.75 Å². The van der Waals surface area contributed by atoms with Crippen molar-refractivity contribution >= 4 is 5.91 Å². The van der Waals surface area contributed by atoms with Crippen molar-refractivity contribution < 1.29 is 23.0 Å². The van der Waals surface area contributed by atoms with Crippen LogP contribution in [0.4, 0.5) is 8.78 Å². The highest BCUT2D eigenvalue weighted by Crippen LogP contribution is 2.26. The molecule has 1 aromatic carbocycles. The lowest BCUT2D eigenvalue weighted by Crippen LogP contribution is -2.33. The van der Waals surface area contributed by atoms with Gasteiger partial charge in [0.1, 0.15) is 5.75 Å². The number of para-hydroxylation sites is 1. The number of halogens is 2. The first-order valence-electron chi connectivity index (χ1n) is 6.53. The summed E-state index contributed by atoms with van der Waals surface area (Å²) in [5, 5.41) is 2.71. The summed E-state index contributed by atoms with van der Waals surface area (Å²) in [4.78, 5) is 11.9. The van der Waals surface area contributed by atoms with Crippen molar-refractivity contribution in [3.05, 3.63) is 29.8 Å². The van der Waals surface area contributed by atoms with Gasteiger partial charge in [-0.05, 0) is 13.0 Å². The molecule has 2 unspecified atom stereocenters. The van der Waals surface area contributed by atoms with Crippen LogP contribution in [0.15, 0.2) is 24.3 Å². The van der Waals surface area contributed by atoms with Gasteiger partial charge in [-0.1, -0.05) is 18.2 Å². The van der Waals surface area contributed by atoms with Gasteiger partial charge in [0.15, 0.2) is 0 Å². The number of amides is 1. The van der Waals surface area contributed by atoms with E-state index in [1.165, 1.54) is 13.2 Å². The zero-order chi connectivity index (χ0) is 15.8. The van der Waals surface area contributed by atoms with Crippen LogP contribution in [0.2, 0.25) is 0 Å². The molecular formula is C14H20F2N2O3. The van der Waals surface area contributed by atoms with Crippen LogP contribution < -0.4 is 15.8 Å². The molecule has 0 saturated carbocycles. The highest BCUT2D eigenvalue weighted by Gasteiger charge is 2.18. The number of hydrogen-bond donors (Lipinski definition) is 2. The summed E-state index contributed by atoms with van der Waals surface area (Å²) in [5.41, 5.74) is 5.92. The molecule has 0 saturated heterocycles. The molecular weight excluding hydrogens is 282 g/mol. The average Bonchev–Trinajstić information content (AvgIpc) is 2.44. The minimum absolute atomic E-state index is 0.0439. The molecule has 2 atom stereocenters. The molecule has 0 aliphatic heterocycles. The van der Waals surface area contributed by atoms with Crippen LogP contribution in [-0.2, 0) is 9.53 Å². The molecule has 0 aromatic heterocycles. The molecule has 21 heavy (non-hydrogen) atoms. The smallest absolute Gasteiger partial charge is 0.387 e. The van der Waals surface area contributed by atoms with E-state index in [0.717, 1.165) is 0 Å². The summed E-state index contributed by atoms with van der Waals surface area (Å²) in [6, 6.07) is 5.86. The van der Waals surface area contributed by atoms with E-state index in [1.54, 1.807) is 25.1 Å². The predicted molar refractivity (Wildman–Crippen MR) is 74.1 cm³/mol.